The summed E-state index contributed by atoms with van der Waals surface area (Å²) >= 11 is 0. The standard InChI is InChI=1S/C9H14N2O3/c1-6(2)4-14-5-8-7(9(12)13)3-10-11-8/h3,6H,4-5H2,1-2H3,(H,10,11)(H,12,13). The van der Waals surface area contributed by atoms with E-state index in [2.05, 4.69) is 10.2 Å². The molecule has 0 atom stereocenters. The molecule has 14 heavy (non-hydrogen) atoms. The third-order valence-corrected chi connectivity index (χ3v) is 1.65. The van der Waals surface area contributed by atoms with Crippen molar-refractivity contribution in [2.45, 2.75) is 20.5 Å². The minimum Gasteiger partial charge on any atom is -0.478 e. The molecule has 0 fully saturated rings. The van der Waals surface area contributed by atoms with Crippen molar-refractivity contribution < 1.29 is 14.6 Å². The van der Waals surface area contributed by atoms with Gasteiger partial charge in [-0.25, -0.2) is 4.79 Å². The third-order valence-electron chi connectivity index (χ3n) is 1.65. The number of rotatable bonds is 5. The van der Waals surface area contributed by atoms with E-state index in [1.54, 1.807) is 0 Å². The van der Waals surface area contributed by atoms with E-state index in [9.17, 15) is 4.79 Å². The number of nitrogens with one attached hydrogen (secondary N) is 1. The molecule has 1 heterocycles. The molecule has 0 amide bonds. The van der Waals surface area contributed by atoms with Gasteiger partial charge in [0, 0.05) is 6.61 Å². The van der Waals surface area contributed by atoms with Gasteiger partial charge in [0.25, 0.3) is 0 Å². The predicted molar refractivity (Wildman–Crippen MR) is 50.0 cm³/mol. The number of nitrogens with zero attached hydrogens (tertiary/aromatic N) is 1. The third kappa shape index (κ3) is 2.85. The summed E-state index contributed by atoms with van der Waals surface area (Å²) in [4.78, 5) is 10.7. The highest BCUT2D eigenvalue weighted by Gasteiger charge is 2.11. The fourth-order valence-electron chi connectivity index (χ4n) is 1.00. The number of H-pyrrole nitrogens is 1. The van der Waals surface area contributed by atoms with Crippen molar-refractivity contribution in [2.24, 2.45) is 5.92 Å². The van der Waals surface area contributed by atoms with Gasteiger partial charge in [-0.15, -0.1) is 0 Å². The summed E-state index contributed by atoms with van der Waals surface area (Å²) in [7, 11) is 0. The van der Waals surface area contributed by atoms with E-state index in [1.165, 1.54) is 6.20 Å². The SMILES string of the molecule is CC(C)COCc1[nH]ncc1C(=O)O. The van der Waals surface area contributed by atoms with E-state index in [-0.39, 0.29) is 12.2 Å². The van der Waals surface area contributed by atoms with Crippen LogP contribution in [-0.4, -0.2) is 27.9 Å². The molecule has 0 spiro atoms. The van der Waals surface area contributed by atoms with E-state index in [0.29, 0.717) is 18.2 Å². The molecule has 78 valence electrons. The first-order valence-electron chi connectivity index (χ1n) is 4.44. The second-order valence-corrected chi connectivity index (χ2v) is 3.48. The molecule has 0 radical (unpaired) electrons. The lowest BCUT2D eigenvalue weighted by Gasteiger charge is -2.05. The number of aromatic carboxylic acids is 1. The minimum absolute atomic E-state index is 0.175. The predicted octanol–water partition coefficient (Wildman–Crippen LogP) is 1.28. The Bertz CT molecular complexity index is 307. The van der Waals surface area contributed by atoms with Gasteiger partial charge in [0.2, 0.25) is 0 Å². The van der Waals surface area contributed by atoms with Crippen molar-refractivity contribution in [1.29, 1.82) is 0 Å². The summed E-state index contributed by atoms with van der Waals surface area (Å²) in [5.41, 5.74) is 0.687. The van der Waals surface area contributed by atoms with E-state index in [0.717, 1.165) is 0 Å². The van der Waals surface area contributed by atoms with Gasteiger partial charge < -0.3 is 9.84 Å². The number of aromatic amines is 1. The van der Waals surface area contributed by atoms with Crippen molar-refractivity contribution in [3.63, 3.8) is 0 Å². The van der Waals surface area contributed by atoms with Gasteiger partial charge in [-0.3, -0.25) is 5.10 Å². The lowest BCUT2D eigenvalue weighted by molar-refractivity contribution is 0.0680. The number of hydrogen-bond donors (Lipinski definition) is 2. The average molecular weight is 198 g/mol. The Kier molecular flexibility index (Phi) is 3.64. The van der Waals surface area contributed by atoms with Crippen LogP contribution in [0.5, 0.6) is 0 Å². The summed E-state index contributed by atoms with van der Waals surface area (Å²) < 4.78 is 5.30. The molecule has 1 aromatic rings. The first-order chi connectivity index (χ1) is 6.61. The van der Waals surface area contributed by atoms with E-state index >= 15 is 0 Å². The number of carbonyl (C=O) groups is 1. The smallest absolute Gasteiger partial charge is 0.339 e. The minimum atomic E-state index is -0.984. The lowest BCUT2D eigenvalue weighted by atomic mass is 10.2. The van der Waals surface area contributed by atoms with Crippen molar-refractivity contribution in [2.75, 3.05) is 6.61 Å². The molecule has 1 rings (SSSR count). The summed E-state index contributed by atoms with van der Waals surface area (Å²) in [6.45, 7) is 4.94. The topological polar surface area (TPSA) is 75.2 Å². The van der Waals surface area contributed by atoms with Crippen LogP contribution in [0.25, 0.3) is 0 Å². The van der Waals surface area contributed by atoms with Crippen molar-refractivity contribution >= 4 is 5.97 Å². The summed E-state index contributed by atoms with van der Waals surface area (Å²) in [6, 6.07) is 0. The van der Waals surface area contributed by atoms with E-state index in [1.807, 2.05) is 13.8 Å². The van der Waals surface area contributed by atoms with Crippen LogP contribution in [0.3, 0.4) is 0 Å². The van der Waals surface area contributed by atoms with Crippen molar-refractivity contribution in [3.8, 4) is 0 Å². The van der Waals surface area contributed by atoms with Crippen LogP contribution < -0.4 is 0 Å². The van der Waals surface area contributed by atoms with Crippen molar-refractivity contribution in [1.82, 2.24) is 10.2 Å². The van der Waals surface area contributed by atoms with Crippen molar-refractivity contribution in [3.05, 3.63) is 17.5 Å². The molecule has 0 saturated carbocycles. The maximum Gasteiger partial charge on any atom is 0.339 e. The number of carboxylic acids is 1. The van der Waals surface area contributed by atoms with Gasteiger partial charge >= 0.3 is 5.97 Å². The Labute approximate surface area is 82.1 Å². The maximum absolute atomic E-state index is 10.7. The summed E-state index contributed by atoms with van der Waals surface area (Å²) in [5.74, 6) is -0.548. The Morgan fingerprint density at radius 3 is 3.00 bits per heavy atom. The highest BCUT2D eigenvalue weighted by molar-refractivity contribution is 5.88. The molecule has 2 N–H and O–H groups in total. The zero-order valence-electron chi connectivity index (χ0n) is 8.28. The Balaban J connectivity index is 2.50. The average Bonchev–Trinajstić information content (AvgIpc) is 2.51. The first-order valence-corrected chi connectivity index (χ1v) is 4.44. The van der Waals surface area contributed by atoms with Gasteiger partial charge in [0.1, 0.15) is 5.56 Å². The zero-order valence-corrected chi connectivity index (χ0v) is 8.28. The molecule has 5 heteroatoms. The van der Waals surface area contributed by atoms with Gasteiger partial charge in [-0.1, -0.05) is 13.8 Å². The van der Waals surface area contributed by atoms with Gasteiger partial charge in [-0.05, 0) is 5.92 Å². The molecular formula is C9H14N2O3. The number of hydrogen-bond acceptors (Lipinski definition) is 3. The first kappa shape index (κ1) is 10.7. The Morgan fingerprint density at radius 2 is 2.43 bits per heavy atom. The molecule has 0 aliphatic heterocycles. The summed E-state index contributed by atoms with van der Waals surface area (Å²) in [6.07, 6.45) is 1.29. The number of aromatic nitrogens is 2. The highest BCUT2D eigenvalue weighted by Crippen LogP contribution is 2.06. The molecule has 0 aliphatic carbocycles. The zero-order chi connectivity index (χ0) is 10.6. The second kappa shape index (κ2) is 4.76. The van der Waals surface area contributed by atoms with Gasteiger partial charge in [0.15, 0.2) is 0 Å². The normalized spacial score (nSPS) is 10.8. The Hall–Kier alpha value is -1.36. The largest absolute Gasteiger partial charge is 0.478 e. The van der Waals surface area contributed by atoms with Crippen LogP contribution in [0.1, 0.15) is 29.9 Å². The van der Waals surface area contributed by atoms with Crippen LogP contribution in [-0.2, 0) is 11.3 Å². The van der Waals surface area contributed by atoms with Crippen LogP contribution in [0.15, 0.2) is 6.20 Å². The molecule has 5 nitrogen and oxygen atoms in total. The molecule has 0 aliphatic rings. The van der Waals surface area contributed by atoms with Gasteiger partial charge in [0.05, 0.1) is 18.5 Å². The van der Waals surface area contributed by atoms with E-state index in [4.69, 9.17) is 9.84 Å². The number of ether oxygens (including phenoxy) is 1. The van der Waals surface area contributed by atoms with Crippen LogP contribution >= 0.6 is 0 Å². The van der Waals surface area contributed by atoms with E-state index < -0.39 is 5.97 Å². The fraction of sp³-hybridized carbons (Fsp3) is 0.556. The fourth-order valence-corrected chi connectivity index (χ4v) is 1.00. The molecule has 0 bridgehead atoms. The van der Waals surface area contributed by atoms with Crippen LogP contribution in [0.4, 0.5) is 0 Å². The van der Waals surface area contributed by atoms with Crippen LogP contribution in [0, 0.1) is 5.92 Å². The molecule has 0 saturated heterocycles. The Morgan fingerprint density at radius 1 is 1.71 bits per heavy atom. The molecule has 0 aromatic carbocycles. The highest BCUT2D eigenvalue weighted by atomic mass is 16.5. The molecule has 1 aromatic heterocycles. The maximum atomic E-state index is 10.7. The molecule has 0 unspecified atom stereocenters. The molecular weight excluding hydrogens is 184 g/mol. The monoisotopic (exact) mass is 198 g/mol. The second-order valence-electron chi connectivity index (χ2n) is 3.48. The summed E-state index contributed by atoms with van der Waals surface area (Å²) in [5, 5.41) is 15.0. The quantitative estimate of drug-likeness (QED) is 0.747. The number of carboxylic acid groups (broad SMARTS) is 1. The van der Waals surface area contributed by atoms with Gasteiger partial charge in [-0.2, -0.15) is 5.10 Å². The van der Waals surface area contributed by atoms with Crippen LogP contribution in [0.2, 0.25) is 0 Å². The lowest BCUT2D eigenvalue weighted by Crippen LogP contribution is -2.05.